The summed E-state index contributed by atoms with van der Waals surface area (Å²) < 4.78 is 18.9. The standard InChI is InChI=1S/C16H16FNO2/c1-3-20-15-7-5-4-6-13(15)16(19)18-12-9-8-11(2)14(17)10-12/h4-10H,3H2,1-2H3,(H,18,19). The van der Waals surface area contributed by atoms with Crippen LogP contribution in [0.25, 0.3) is 0 Å². The lowest BCUT2D eigenvalue weighted by atomic mass is 10.1. The number of para-hydroxylation sites is 1. The van der Waals surface area contributed by atoms with Crippen molar-refractivity contribution in [3.8, 4) is 5.75 Å². The van der Waals surface area contributed by atoms with Crippen LogP contribution >= 0.6 is 0 Å². The Labute approximate surface area is 117 Å². The molecule has 20 heavy (non-hydrogen) atoms. The molecule has 0 saturated carbocycles. The average Bonchev–Trinajstić information content (AvgIpc) is 2.44. The molecule has 0 heterocycles. The average molecular weight is 273 g/mol. The van der Waals surface area contributed by atoms with Crippen molar-refractivity contribution < 1.29 is 13.9 Å². The second-order valence-corrected chi connectivity index (χ2v) is 4.35. The Hall–Kier alpha value is -2.36. The minimum atomic E-state index is -0.346. The molecule has 104 valence electrons. The van der Waals surface area contributed by atoms with Crippen molar-refractivity contribution in [2.45, 2.75) is 13.8 Å². The number of nitrogens with one attached hydrogen (secondary N) is 1. The summed E-state index contributed by atoms with van der Waals surface area (Å²) in [6.07, 6.45) is 0. The van der Waals surface area contributed by atoms with Crippen LogP contribution in [0.3, 0.4) is 0 Å². The van der Waals surface area contributed by atoms with E-state index in [-0.39, 0.29) is 11.7 Å². The van der Waals surface area contributed by atoms with Crippen LogP contribution in [0.2, 0.25) is 0 Å². The first-order valence-electron chi connectivity index (χ1n) is 6.41. The van der Waals surface area contributed by atoms with Gasteiger partial charge < -0.3 is 10.1 Å². The molecule has 0 bridgehead atoms. The van der Waals surface area contributed by atoms with Crippen molar-refractivity contribution in [3.63, 3.8) is 0 Å². The van der Waals surface area contributed by atoms with Gasteiger partial charge in [-0.2, -0.15) is 0 Å². The topological polar surface area (TPSA) is 38.3 Å². The molecule has 0 atom stereocenters. The van der Waals surface area contributed by atoms with E-state index in [1.807, 2.05) is 6.92 Å². The van der Waals surface area contributed by atoms with Gasteiger partial charge in [-0.25, -0.2) is 4.39 Å². The molecule has 0 aliphatic rings. The molecule has 3 nitrogen and oxygen atoms in total. The molecule has 0 unspecified atom stereocenters. The molecule has 0 spiro atoms. The predicted octanol–water partition coefficient (Wildman–Crippen LogP) is 3.79. The lowest BCUT2D eigenvalue weighted by Crippen LogP contribution is -2.13. The minimum absolute atomic E-state index is 0.322. The maximum Gasteiger partial charge on any atom is 0.259 e. The zero-order valence-corrected chi connectivity index (χ0v) is 11.4. The highest BCUT2D eigenvalue weighted by Gasteiger charge is 2.12. The summed E-state index contributed by atoms with van der Waals surface area (Å²) in [5.41, 5.74) is 1.39. The molecule has 1 amide bonds. The van der Waals surface area contributed by atoms with Crippen LogP contribution in [0, 0.1) is 12.7 Å². The summed E-state index contributed by atoms with van der Waals surface area (Å²) in [5, 5.41) is 2.67. The normalized spacial score (nSPS) is 10.2. The van der Waals surface area contributed by atoms with Crippen LogP contribution in [0.15, 0.2) is 42.5 Å². The lowest BCUT2D eigenvalue weighted by molar-refractivity contribution is 0.102. The second kappa shape index (κ2) is 6.19. The van der Waals surface area contributed by atoms with Gasteiger partial charge in [0.1, 0.15) is 11.6 Å². The molecule has 0 saturated heterocycles. The maximum absolute atomic E-state index is 13.5. The Balaban J connectivity index is 2.21. The van der Waals surface area contributed by atoms with Gasteiger partial charge in [-0.15, -0.1) is 0 Å². The van der Waals surface area contributed by atoms with E-state index in [9.17, 15) is 9.18 Å². The van der Waals surface area contributed by atoms with E-state index in [1.165, 1.54) is 6.07 Å². The van der Waals surface area contributed by atoms with Crippen LogP contribution in [0.4, 0.5) is 10.1 Å². The zero-order chi connectivity index (χ0) is 14.5. The van der Waals surface area contributed by atoms with E-state index in [2.05, 4.69) is 5.32 Å². The van der Waals surface area contributed by atoms with Gasteiger partial charge in [-0.1, -0.05) is 18.2 Å². The van der Waals surface area contributed by atoms with E-state index in [0.717, 1.165) is 0 Å². The van der Waals surface area contributed by atoms with Crippen LogP contribution in [0.5, 0.6) is 5.75 Å². The minimum Gasteiger partial charge on any atom is -0.493 e. The predicted molar refractivity (Wildman–Crippen MR) is 76.7 cm³/mol. The van der Waals surface area contributed by atoms with Crippen LogP contribution in [0.1, 0.15) is 22.8 Å². The fourth-order valence-corrected chi connectivity index (χ4v) is 1.80. The Morgan fingerprint density at radius 3 is 2.70 bits per heavy atom. The number of aryl methyl sites for hydroxylation is 1. The number of anilines is 1. The second-order valence-electron chi connectivity index (χ2n) is 4.35. The molecular formula is C16H16FNO2. The van der Waals surface area contributed by atoms with Gasteiger partial charge in [0.2, 0.25) is 0 Å². The van der Waals surface area contributed by atoms with Crippen molar-refractivity contribution >= 4 is 11.6 Å². The molecule has 0 radical (unpaired) electrons. The highest BCUT2D eigenvalue weighted by Crippen LogP contribution is 2.20. The van der Waals surface area contributed by atoms with Crippen LogP contribution in [-0.4, -0.2) is 12.5 Å². The highest BCUT2D eigenvalue weighted by atomic mass is 19.1. The van der Waals surface area contributed by atoms with Crippen molar-refractivity contribution in [1.82, 2.24) is 0 Å². The van der Waals surface area contributed by atoms with Crippen molar-refractivity contribution in [2.75, 3.05) is 11.9 Å². The van der Waals surface area contributed by atoms with Gasteiger partial charge in [-0.05, 0) is 43.7 Å². The van der Waals surface area contributed by atoms with Crippen molar-refractivity contribution in [1.29, 1.82) is 0 Å². The summed E-state index contributed by atoms with van der Waals surface area (Å²) in [4.78, 5) is 12.2. The van der Waals surface area contributed by atoms with Gasteiger partial charge in [0.25, 0.3) is 5.91 Å². The Morgan fingerprint density at radius 1 is 1.25 bits per heavy atom. The van der Waals surface area contributed by atoms with Gasteiger partial charge in [-0.3, -0.25) is 4.79 Å². The highest BCUT2D eigenvalue weighted by molar-refractivity contribution is 6.06. The Bertz CT molecular complexity index is 626. The summed E-state index contributed by atoms with van der Waals surface area (Å²) in [5.74, 6) is -0.154. The SMILES string of the molecule is CCOc1ccccc1C(=O)Nc1ccc(C)c(F)c1. The first kappa shape index (κ1) is 14.1. The van der Waals surface area contributed by atoms with E-state index >= 15 is 0 Å². The smallest absolute Gasteiger partial charge is 0.259 e. The molecule has 4 heteroatoms. The number of rotatable bonds is 4. The number of carbonyl (C=O) groups excluding carboxylic acids is 1. The maximum atomic E-state index is 13.5. The van der Waals surface area contributed by atoms with E-state index in [0.29, 0.717) is 29.2 Å². The molecular weight excluding hydrogens is 257 g/mol. The first-order valence-corrected chi connectivity index (χ1v) is 6.41. The van der Waals surface area contributed by atoms with Gasteiger partial charge in [0.05, 0.1) is 12.2 Å². The summed E-state index contributed by atoms with van der Waals surface area (Å²) >= 11 is 0. The Morgan fingerprint density at radius 2 is 2.00 bits per heavy atom. The molecule has 0 aliphatic carbocycles. The quantitative estimate of drug-likeness (QED) is 0.920. The number of hydrogen-bond donors (Lipinski definition) is 1. The third kappa shape index (κ3) is 3.15. The number of halogens is 1. The first-order chi connectivity index (χ1) is 9.61. The number of ether oxygens (including phenoxy) is 1. The summed E-state index contributed by atoms with van der Waals surface area (Å²) in [7, 11) is 0. The van der Waals surface area contributed by atoms with Gasteiger partial charge >= 0.3 is 0 Å². The third-order valence-electron chi connectivity index (χ3n) is 2.86. The molecule has 1 N–H and O–H groups in total. The number of benzene rings is 2. The fraction of sp³-hybridized carbons (Fsp3) is 0.188. The fourth-order valence-electron chi connectivity index (χ4n) is 1.80. The number of hydrogen-bond acceptors (Lipinski definition) is 2. The zero-order valence-electron chi connectivity index (χ0n) is 11.4. The van der Waals surface area contributed by atoms with Gasteiger partial charge in [0, 0.05) is 5.69 Å². The van der Waals surface area contributed by atoms with Gasteiger partial charge in [0.15, 0.2) is 0 Å². The summed E-state index contributed by atoms with van der Waals surface area (Å²) in [6, 6.07) is 11.6. The van der Waals surface area contributed by atoms with E-state index in [4.69, 9.17) is 4.74 Å². The number of carbonyl (C=O) groups is 1. The van der Waals surface area contributed by atoms with Crippen molar-refractivity contribution in [2.24, 2.45) is 0 Å². The molecule has 0 aliphatic heterocycles. The molecule has 0 fully saturated rings. The third-order valence-corrected chi connectivity index (χ3v) is 2.86. The van der Waals surface area contributed by atoms with Crippen LogP contribution in [-0.2, 0) is 0 Å². The largest absolute Gasteiger partial charge is 0.493 e. The molecule has 2 rings (SSSR count). The Kier molecular flexibility index (Phi) is 4.35. The van der Waals surface area contributed by atoms with E-state index < -0.39 is 0 Å². The number of amides is 1. The summed E-state index contributed by atoms with van der Waals surface area (Å²) in [6.45, 7) is 4.00. The molecule has 2 aromatic carbocycles. The molecule has 2 aromatic rings. The molecule has 0 aromatic heterocycles. The lowest BCUT2D eigenvalue weighted by Gasteiger charge is -2.10. The van der Waals surface area contributed by atoms with E-state index in [1.54, 1.807) is 43.3 Å². The van der Waals surface area contributed by atoms with Crippen LogP contribution < -0.4 is 10.1 Å². The monoisotopic (exact) mass is 273 g/mol. The van der Waals surface area contributed by atoms with Crippen molar-refractivity contribution in [3.05, 3.63) is 59.4 Å².